The van der Waals surface area contributed by atoms with Crippen LogP contribution in [0.3, 0.4) is 0 Å². The lowest BCUT2D eigenvalue weighted by Crippen LogP contribution is -2.54. The van der Waals surface area contributed by atoms with Crippen molar-refractivity contribution in [2.75, 3.05) is 25.1 Å². The Bertz CT molecular complexity index is 1010. The lowest BCUT2D eigenvalue weighted by atomic mass is 10.0. The molecule has 5 rings (SSSR count). The van der Waals surface area contributed by atoms with Gasteiger partial charge in [-0.2, -0.15) is 5.26 Å². The molecule has 1 aliphatic carbocycles. The number of fused-ring (bicyclic) bond motifs is 2. The Labute approximate surface area is 167 Å². The summed E-state index contributed by atoms with van der Waals surface area (Å²) >= 11 is 6.12. The molecule has 8 heteroatoms. The Morgan fingerprint density at radius 3 is 2.93 bits per heavy atom. The Balaban J connectivity index is 1.33. The first-order valence-corrected chi connectivity index (χ1v) is 9.72. The highest BCUT2D eigenvalue weighted by molar-refractivity contribution is 6.30. The van der Waals surface area contributed by atoms with E-state index in [9.17, 15) is 10.1 Å². The van der Waals surface area contributed by atoms with Crippen LogP contribution in [0.15, 0.2) is 18.3 Å². The summed E-state index contributed by atoms with van der Waals surface area (Å²) in [6.07, 6.45) is 3.83. The average Bonchev–Trinajstić information content (AvgIpc) is 3.03. The molecule has 3 aliphatic rings. The molecule has 0 radical (unpaired) electrons. The fourth-order valence-corrected chi connectivity index (χ4v) is 4.42. The third-order valence-corrected chi connectivity index (χ3v) is 5.91. The van der Waals surface area contributed by atoms with Gasteiger partial charge >= 0.3 is 0 Å². The van der Waals surface area contributed by atoms with E-state index in [1.165, 1.54) is 0 Å². The number of hydrogen-bond acceptors (Lipinski definition) is 6. The Hall–Kier alpha value is -2.69. The molecule has 1 fully saturated rings. The predicted molar refractivity (Wildman–Crippen MR) is 102 cm³/mol. The largest absolute Gasteiger partial charge is 0.377 e. The SMILES string of the molecule is N#Cc1cc(Cl)cc2c1C[C@@H](Nc1ncc3c(n1)CCN(C1COC1)C3=O)C2. The summed E-state index contributed by atoms with van der Waals surface area (Å²) in [5.41, 5.74) is 4.12. The van der Waals surface area contributed by atoms with E-state index in [1.54, 1.807) is 12.3 Å². The Morgan fingerprint density at radius 2 is 2.18 bits per heavy atom. The highest BCUT2D eigenvalue weighted by Gasteiger charge is 2.35. The van der Waals surface area contributed by atoms with Gasteiger partial charge in [-0.05, 0) is 36.1 Å². The number of halogens is 1. The molecule has 1 atom stereocenters. The first-order chi connectivity index (χ1) is 13.6. The number of nitriles is 1. The van der Waals surface area contributed by atoms with Gasteiger partial charge in [-0.3, -0.25) is 4.79 Å². The van der Waals surface area contributed by atoms with E-state index in [0.717, 1.165) is 29.7 Å². The zero-order valence-corrected chi connectivity index (χ0v) is 15.9. The number of hydrogen-bond donors (Lipinski definition) is 1. The van der Waals surface area contributed by atoms with Gasteiger partial charge in [0.05, 0.1) is 42.1 Å². The van der Waals surface area contributed by atoms with Crippen LogP contribution in [0.4, 0.5) is 5.95 Å². The third-order valence-electron chi connectivity index (χ3n) is 5.69. The molecule has 0 spiro atoms. The smallest absolute Gasteiger partial charge is 0.257 e. The third kappa shape index (κ3) is 2.89. The molecule has 1 N–H and O–H groups in total. The summed E-state index contributed by atoms with van der Waals surface area (Å²) in [5.74, 6) is 0.511. The molecule has 1 amide bonds. The summed E-state index contributed by atoms with van der Waals surface area (Å²) < 4.78 is 5.20. The van der Waals surface area contributed by atoms with Crippen LogP contribution in [-0.4, -0.2) is 52.6 Å². The molecule has 28 heavy (non-hydrogen) atoms. The van der Waals surface area contributed by atoms with E-state index in [-0.39, 0.29) is 18.0 Å². The summed E-state index contributed by atoms with van der Waals surface area (Å²) in [7, 11) is 0. The number of ether oxygens (including phenoxy) is 1. The number of aromatic nitrogens is 2. The van der Waals surface area contributed by atoms with Gasteiger partial charge in [0, 0.05) is 30.2 Å². The van der Waals surface area contributed by atoms with Crippen LogP contribution < -0.4 is 5.32 Å². The van der Waals surface area contributed by atoms with Crippen molar-refractivity contribution in [2.24, 2.45) is 0 Å². The van der Waals surface area contributed by atoms with E-state index >= 15 is 0 Å². The Morgan fingerprint density at radius 1 is 1.32 bits per heavy atom. The average molecular weight is 396 g/mol. The van der Waals surface area contributed by atoms with Crippen LogP contribution in [-0.2, 0) is 24.0 Å². The molecule has 0 bridgehead atoms. The highest BCUT2D eigenvalue weighted by atomic mass is 35.5. The summed E-state index contributed by atoms with van der Waals surface area (Å²) in [4.78, 5) is 23.5. The van der Waals surface area contributed by atoms with Crippen molar-refractivity contribution in [3.8, 4) is 6.07 Å². The monoisotopic (exact) mass is 395 g/mol. The van der Waals surface area contributed by atoms with Crippen molar-refractivity contribution in [3.63, 3.8) is 0 Å². The molecular weight excluding hydrogens is 378 g/mol. The fourth-order valence-electron chi connectivity index (χ4n) is 4.17. The number of rotatable bonds is 3. The minimum absolute atomic E-state index is 0.0114. The molecular formula is C20H18ClN5O2. The summed E-state index contributed by atoms with van der Waals surface area (Å²) in [6.45, 7) is 1.88. The van der Waals surface area contributed by atoms with Crippen LogP contribution in [0.2, 0.25) is 5.02 Å². The van der Waals surface area contributed by atoms with E-state index < -0.39 is 0 Å². The van der Waals surface area contributed by atoms with Crippen molar-refractivity contribution in [3.05, 3.63) is 51.3 Å². The van der Waals surface area contributed by atoms with Gasteiger partial charge in [0.25, 0.3) is 5.91 Å². The number of nitrogens with one attached hydrogen (secondary N) is 1. The van der Waals surface area contributed by atoms with Gasteiger partial charge in [0.1, 0.15) is 0 Å². The van der Waals surface area contributed by atoms with E-state index in [1.807, 2.05) is 11.0 Å². The van der Waals surface area contributed by atoms with Gasteiger partial charge < -0.3 is 15.0 Å². The zero-order valence-electron chi connectivity index (χ0n) is 15.1. The van der Waals surface area contributed by atoms with Crippen LogP contribution in [0.1, 0.15) is 32.7 Å². The maximum atomic E-state index is 12.7. The van der Waals surface area contributed by atoms with Crippen LogP contribution in [0.25, 0.3) is 0 Å². The molecule has 0 unspecified atom stereocenters. The van der Waals surface area contributed by atoms with Crippen molar-refractivity contribution < 1.29 is 9.53 Å². The molecule has 0 saturated carbocycles. The molecule has 1 aromatic heterocycles. The zero-order chi connectivity index (χ0) is 19.3. The quantitative estimate of drug-likeness (QED) is 0.854. The predicted octanol–water partition coefficient (Wildman–Crippen LogP) is 1.98. The normalized spacial score (nSPS) is 20.9. The van der Waals surface area contributed by atoms with Crippen LogP contribution >= 0.6 is 11.6 Å². The molecule has 142 valence electrons. The van der Waals surface area contributed by atoms with Gasteiger partial charge in [-0.1, -0.05) is 11.6 Å². The van der Waals surface area contributed by atoms with Gasteiger partial charge in [0.2, 0.25) is 5.95 Å². The standard InChI is InChI=1S/C20H18ClN5O2/c21-13-3-11-5-14(6-16(11)12(4-13)7-22)24-20-23-8-17-18(25-20)1-2-26(19(17)27)15-9-28-10-15/h3-4,8,14-15H,1-2,5-6,9-10H2,(H,23,24,25)/t14-/m0/s1. The number of benzene rings is 1. The lowest BCUT2D eigenvalue weighted by molar-refractivity contribution is -0.0550. The fraction of sp³-hybridized carbons (Fsp3) is 0.400. The van der Waals surface area contributed by atoms with Crippen molar-refractivity contribution in [1.29, 1.82) is 5.26 Å². The number of nitrogens with zero attached hydrogens (tertiary/aromatic N) is 4. The second kappa shape index (κ2) is 6.73. The first-order valence-electron chi connectivity index (χ1n) is 9.35. The number of carbonyl (C=O) groups excluding carboxylic acids is 1. The van der Waals surface area contributed by atoms with Crippen LogP contribution in [0, 0.1) is 11.3 Å². The maximum Gasteiger partial charge on any atom is 0.257 e. The summed E-state index contributed by atoms with van der Waals surface area (Å²) in [6, 6.07) is 6.13. The van der Waals surface area contributed by atoms with Gasteiger partial charge in [0.15, 0.2) is 0 Å². The molecule has 3 heterocycles. The van der Waals surface area contributed by atoms with Gasteiger partial charge in [-0.15, -0.1) is 0 Å². The van der Waals surface area contributed by atoms with E-state index in [4.69, 9.17) is 16.3 Å². The molecule has 2 aromatic rings. The molecule has 1 saturated heterocycles. The second-order valence-electron chi connectivity index (χ2n) is 7.45. The Kier molecular flexibility index (Phi) is 4.18. The number of anilines is 1. The first kappa shape index (κ1) is 17.4. The lowest BCUT2D eigenvalue weighted by Gasteiger charge is -2.39. The second-order valence-corrected chi connectivity index (χ2v) is 7.88. The summed E-state index contributed by atoms with van der Waals surface area (Å²) in [5, 5.41) is 13.3. The molecule has 7 nitrogen and oxygen atoms in total. The number of carbonyl (C=O) groups is 1. The number of amides is 1. The highest BCUT2D eigenvalue weighted by Crippen LogP contribution is 2.30. The van der Waals surface area contributed by atoms with Crippen molar-refractivity contribution >= 4 is 23.5 Å². The minimum atomic E-state index is -0.0114. The van der Waals surface area contributed by atoms with E-state index in [0.29, 0.717) is 48.3 Å². The minimum Gasteiger partial charge on any atom is -0.377 e. The van der Waals surface area contributed by atoms with Gasteiger partial charge in [-0.25, -0.2) is 9.97 Å². The molecule has 1 aromatic carbocycles. The van der Waals surface area contributed by atoms with Crippen molar-refractivity contribution in [1.82, 2.24) is 14.9 Å². The maximum absolute atomic E-state index is 12.7. The van der Waals surface area contributed by atoms with Crippen LogP contribution in [0.5, 0.6) is 0 Å². The van der Waals surface area contributed by atoms with E-state index in [2.05, 4.69) is 21.4 Å². The topological polar surface area (TPSA) is 91.1 Å². The molecule has 2 aliphatic heterocycles. The van der Waals surface area contributed by atoms with Crippen molar-refractivity contribution in [2.45, 2.75) is 31.3 Å².